The zero-order chi connectivity index (χ0) is 18.1. The molecule has 124 valence electrons. The van der Waals surface area contributed by atoms with Crippen molar-refractivity contribution in [3.63, 3.8) is 0 Å². The van der Waals surface area contributed by atoms with E-state index in [-0.39, 0.29) is 23.0 Å². The van der Waals surface area contributed by atoms with Crippen LogP contribution in [0.5, 0.6) is 0 Å². The van der Waals surface area contributed by atoms with Crippen molar-refractivity contribution < 1.29 is 4.79 Å². The minimum atomic E-state index is -0.670. The third-order valence-electron chi connectivity index (χ3n) is 3.02. The Bertz CT molecular complexity index is 895. The quantitative estimate of drug-likeness (QED) is 0.347. The van der Waals surface area contributed by atoms with E-state index >= 15 is 0 Å². The summed E-state index contributed by atoms with van der Waals surface area (Å²) < 4.78 is 1.57. The first-order valence-electron chi connectivity index (χ1n) is 6.92. The lowest BCUT2D eigenvalue weighted by molar-refractivity contribution is 0.0972. The van der Waals surface area contributed by atoms with E-state index in [1.165, 1.54) is 6.33 Å². The summed E-state index contributed by atoms with van der Waals surface area (Å²) in [7, 11) is 0. The Labute approximate surface area is 137 Å². The standard InChI is InChI=1S/C14H17N9O/c1-14(2,3)23-12-9(11(18)19-6-20-12)10(22-23)13(24)21-8(17)4-7(16)5-15/h4,6H,16H2,1-3H3,(H2,17,21,24)(H2,18,19,20)/b7-4-. The minimum Gasteiger partial charge on any atom is -0.390 e. The lowest BCUT2D eigenvalue weighted by Gasteiger charge is -2.19. The van der Waals surface area contributed by atoms with E-state index in [1.54, 1.807) is 10.8 Å². The maximum absolute atomic E-state index is 12.4. The van der Waals surface area contributed by atoms with Crippen molar-refractivity contribution in [1.29, 1.82) is 10.7 Å². The molecule has 0 aliphatic carbocycles. The number of nitriles is 1. The minimum absolute atomic E-state index is 0.00768. The van der Waals surface area contributed by atoms with Gasteiger partial charge in [0.25, 0.3) is 5.91 Å². The van der Waals surface area contributed by atoms with Gasteiger partial charge in [0.05, 0.1) is 10.9 Å². The second-order valence-electron chi connectivity index (χ2n) is 5.97. The van der Waals surface area contributed by atoms with E-state index in [9.17, 15) is 4.79 Å². The number of hydrogen-bond acceptors (Lipinski definition) is 8. The fraction of sp³-hybridized carbons (Fsp3) is 0.286. The van der Waals surface area contributed by atoms with Crippen molar-refractivity contribution in [2.45, 2.75) is 26.3 Å². The molecule has 0 fully saturated rings. The Morgan fingerprint density at radius 3 is 2.71 bits per heavy atom. The number of allylic oxidation sites excluding steroid dienone is 1. The summed E-state index contributed by atoms with van der Waals surface area (Å²) in [6.07, 6.45) is 2.32. The smallest absolute Gasteiger partial charge is 0.278 e. The van der Waals surface area contributed by atoms with Crippen molar-refractivity contribution in [2.24, 2.45) is 5.73 Å². The predicted octanol–water partition coefficient (Wildman–Crippen LogP) is 0.237. The topological polar surface area (TPSA) is 172 Å². The van der Waals surface area contributed by atoms with Crippen LogP contribution in [0.2, 0.25) is 0 Å². The Balaban J connectivity index is 2.51. The van der Waals surface area contributed by atoms with E-state index in [2.05, 4.69) is 20.4 Å². The number of hydrogen-bond donors (Lipinski definition) is 4. The molecule has 2 aromatic heterocycles. The number of amides is 1. The molecule has 0 saturated carbocycles. The van der Waals surface area contributed by atoms with Crippen LogP contribution in [-0.4, -0.2) is 31.5 Å². The monoisotopic (exact) mass is 327 g/mol. The van der Waals surface area contributed by atoms with E-state index in [0.29, 0.717) is 11.0 Å². The zero-order valence-electron chi connectivity index (χ0n) is 13.5. The van der Waals surface area contributed by atoms with Gasteiger partial charge in [0, 0.05) is 6.08 Å². The molecule has 0 unspecified atom stereocenters. The summed E-state index contributed by atoms with van der Waals surface area (Å²) in [5.41, 5.74) is 10.9. The average Bonchev–Trinajstić information content (AvgIpc) is 2.88. The zero-order valence-corrected chi connectivity index (χ0v) is 13.5. The number of rotatable bonds is 2. The molecule has 0 aliphatic heterocycles. The number of anilines is 1. The number of aromatic nitrogens is 4. The van der Waals surface area contributed by atoms with Crippen molar-refractivity contribution in [3.05, 3.63) is 23.8 Å². The molecule has 6 N–H and O–H groups in total. The second-order valence-corrected chi connectivity index (χ2v) is 5.97. The first-order valence-corrected chi connectivity index (χ1v) is 6.92. The Hall–Kier alpha value is -3.48. The normalized spacial score (nSPS) is 12.0. The van der Waals surface area contributed by atoms with E-state index in [1.807, 2.05) is 20.8 Å². The molecule has 0 aromatic carbocycles. The summed E-state index contributed by atoms with van der Waals surface area (Å²) in [6, 6.07) is 1.66. The summed E-state index contributed by atoms with van der Waals surface area (Å²) in [5, 5.41) is 23.1. The van der Waals surface area contributed by atoms with Crippen LogP contribution in [0.1, 0.15) is 31.3 Å². The molecule has 2 aromatic rings. The summed E-state index contributed by atoms with van der Waals surface area (Å²) in [6.45, 7) is 5.70. The number of amidine groups is 1. The van der Waals surface area contributed by atoms with E-state index < -0.39 is 11.4 Å². The predicted molar refractivity (Wildman–Crippen MR) is 87.8 cm³/mol. The van der Waals surface area contributed by atoms with Gasteiger partial charge in [-0.1, -0.05) is 0 Å². The molecule has 2 heterocycles. The number of nitrogens with two attached hydrogens (primary N) is 2. The number of fused-ring (bicyclic) bond motifs is 1. The number of nitrogen functional groups attached to an aromatic ring is 1. The third-order valence-corrected chi connectivity index (χ3v) is 3.02. The van der Waals surface area contributed by atoms with Gasteiger partial charge in [-0.3, -0.25) is 10.2 Å². The molecule has 0 atom stereocenters. The van der Waals surface area contributed by atoms with Crippen LogP contribution in [0.3, 0.4) is 0 Å². The van der Waals surface area contributed by atoms with Gasteiger partial charge in [-0.2, -0.15) is 10.4 Å². The van der Waals surface area contributed by atoms with Crippen LogP contribution in [0.4, 0.5) is 5.82 Å². The van der Waals surface area contributed by atoms with Crippen molar-refractivity contribution >= 4 is 28.6 Å². The van der Waals surface area contributed by atoms with Crippen LogP contribution in [0.25, 0.3) is 11.0 Å². The summed E-state index contributed by atoms with van der Waals surface area (Å²) in [5.74, 6) is -0.899. The molecule has 0 aliphatic rings. The Morgan fingerprint density at radius 1 is 1.46 bits per heavy atom. The third kappa shape index (κ3) is 3.14. The Kier molecular flexibility index (Phi) is 4.19. The van der Waals surface area contributed by atoms with Gasteiger partial charge >= 0.3 is 0 Å². The van der Waals surface area contributed by atoms with E-state index in [0.717, 1.165) is 6.08 Å². The highest BCUT2D eigenvalue weighted by Crippen LogP contribution is 2.26. The van der Waals surface area contributed by atoms with Gasteiger partial charge in [-0.25, -0.2) is 14.6 Å². The molecule has 10 heteroatoms. The summed E-state index contributed by atoms with van der Waals surface area (Å²) in [4.78, 5) is 20.5. The second kappa shape index (κ2) is 5.96. The fourth-order valence-corrected chi connectivity index (χ4v) is 2.01. The fourth-order valence-electron chi connectivity index (χ4n) is 2.01. The molecule has 24 heavy (non-hydrogen) atoms. The van der Waals surface area contributed by atoms with E-state index in [4.69, 9.17) is 22.1 Å². The number of nitrogens with one attached hydrogen (secondary N) is 2. The van der Waals surface area contributed by atoms with Crippen molar-refractivity contribution in [2.75, 3.05) is 5.73 Å². The van der Waals surface area contributed by atoms with Crippen LogP contribution >= 0.6 is 0 Å². The molecule has 0 bridgehead atoms. The van der Waals surface area contributed by atoms with Gasteiger partial charge in [-0.05, 0) is 20.8 Å². The van der Waals surface area contributed by atoms with Crippen molar-refractivity contribution in [3.8, 4) is 6.07 Å². The largest absolute Gasteiger partial charge is 0.390 e. The maximum Gasteiger partial charge on any atom is 0.278 e. The van der Waals surface area contributed by atoms with Crippen LogP contribution < -0.4 is 16.8 Å². The first kappa shape index (κ1) is 16.9. The van der Waals surface area contributed by atoms with Gasteiger partial charge in [0.1, 0.15) is 29.7 Å². The van der Waals surface area contributed by atoms with Gasteiger partial charge < -0.3 is 16.8 Å². The molecule has 0 radical (unpaired) electrons. The SMILES string of the molecule is CC(C)(C)n1nc(C(=O)NC(=N)/C=C(\N)C#N)c2c(N)ncnc21. The van der Waals surface area contributed by atoms with Gasteiger partial charge in [0.15, 0.2) is 11.3 Å². The van der Waals surface area contributed by atoms with Gasteiger partial charge in [0.2, 0.25) is 0 Å². The lowest BCUT2D eigenvalue weighted by Crippen LogP contribution is -2.30. The molecular weight excluding hydrogens is 310 g/mol. The highest BCUT2D eigenvalue weighted by atomic mass is 16.2. The molecule has 10 nitrogen and oxygen atoms in total. The number of nitrogens with zero attached hydrogens (tertiary/aromatic N) is 5. The maximum atomic E-state index is 12.4. The average molecular weight is 327 g/mol. The molecule has 1 amide bonds. The first-order chi connectivity index (χ1) is 11.1. The number of carbonyl (C=O) groups is 1. The van der Waals surface area contributed by atoms with Crippen LogP contribution in [0.15, 0.2) is 18.1 Å². The highest BCUT2D eigenvalue weighted by Gasteiger charge is 2.26. The highest BCUT2D eigenvalue weighted by molar-refractivity contribution is 6.14. The molecule has 0 saturated heterocycles. The number of carbonyl (C=O) groups excluding carboxylic acids is 1. The summed E-state index contributed by atoms with van der Waals surface area (Å²) >= 11 is 0. The Morgan fingerprint density at radius 2 is 2.12 bits per heavy atom. The molecular formula is C14H17N9O. The molecule has 2 rings (SSSR count). The van der Waals surface area contributed by atoms with Crippen molar-refractivity contribution in [1.82, 2.24) is 25.1 Å². The van der Waals surface area contributed by atoms with Crippen LogP contribution in [0, 0.1) is 16.7 Å². The molecule has 0 spiro atoms. The lowest BCUT2D eigenvalue weighted by atomic mass is 10.1. The van der Waals surface area contributed by atoms with Gasteiger partial charge in [-0.15, -0.1) is 0 Å². The van der Waals surface area contributed by atoms with Crippen LogP contribution in [-0.2, 0) is 5.54 Å².